The van der Waals surface area contributed by atoms with Crippen LogP contribution in [-0.4, -0.2) is 30.1 Å². The highest BCUT2D eigenvalue weighted by Gasteiger charge is 2.27. The molecule has 1 aromatic heterocycles. The number of hydrogen-bond donors (Lipinski definition) is 1. The van der Waals surface area contributed by atoms with E-state index in [1.54, 1.807) is 0 Å². The van der Waals surface area contributed by atoms with E-state index in [4.69, 9.17) is 0 Å². The molecule has 2 unspecified atom stereocenters. The molecule has 2 heterocycles. The van der Waals surface area contributed by atoms with Crippen LogP contribution in [0.25, 0.3) is 0 Å². The average molecular weight is 266 g/mol. The van der Waals surface area contributed by atoms with Gasteiger partial charge in [-0.05, 0) is 64.6 Å². The molecule has 1 aliphatic heterocycles. The molecule has 2 rings (SSSR count). The van der Waals surface area contributed by atoms with E-state index in [0.29, 0.717) is 6.04 Å². The third-order valence-electron chi connectivity index (χ3n) is 3.74. The summed E-state index contributed by atoms with van der Waals surface area (Å²) in [5.41, 5.74) is 0.243. The summed E-state index contributed by atoms with van der Waals surface area (Å²) in [7, 11) is 0. The number of thiophene rings is 1. The fraction of sp³-hybridized carbons (Fsp3) is 0.733. The lowest BCUT2D eigenvalue weighted by atomic mass is 10.1. The second-order valence-electron chi connectivity index (χ2n) is 6.47. The molecule has 1 aromatic rings. The Balaban J connectivity index is 1.81. The van der Waals surface area contributed by atoms with Crippen LogP contribution < -0.4 is 5.32 Å². The maximum atomic E-state index is 3.63. The molecule has 0 aromatic carbocycles. The Morgan fingerprint density at radius 2 is 2.28 bits per heavy atom. The largest absolute Gasteiger partial charge is 0.312 e. The molecule has 0 aliphatic carbocycles. The minimum Gasteiger partial charge on any atom is -0.312 e. The predicted molar refractivity (Wildman–Crippen MR) is 80.2 cm³/mol. The average Bonchev–Trinajstić information content (AvgIpc) is 2.96. The first-order valence-electron chi connectivity index (χ1n) is 6.98. The van der Waals surface area contributed by atoms with Gasteiger partial charge in [-0.3, -0.25) is 4.90 Å². The molecule has 1 aliphatic rings. The van der Waals surface area contributed by atoms with E-state index in [1.807, 2.05) is 11.3 Å². The number of likely N-dealkylation sites (tertiary alicyclic amines) is 1. The van der Waals surface area contributed by atoms with Gasteiger partial charge in [0, 0.05) is 23.0 Å². The van der Waals surface area contributed by atoms with Gasteiger partial charge in [0.05, 0.1) is 0 Å². The molecule has 0 spiro atoms. The minimum absolute atomic E-state index is 0.243. The lowest BCUT2D eigenvalue weighted by Crippen LogP contribution is -2.39. The number of nitrogens with zero attached hydrogens (tertiary/aromatic N) is 1. The maximum absolute atomic E-state index is 3.63. The molecule has 2 nitrogen and oxygen atoms in total. The Morgan fingerprint density at radius 1 is 1.50 bits per heavy atom. The van der Waals surface area contributed by atoms with E-state index < -0.39 is 0 Å². The third kappa shape index (κ3) is 3.81. The highest BCUT2D eigenvalue weighted by Crippen LogP contribution is 2.29. The first-order valence-corrected chi connectivity index (χ1v) is 7.86. The van der Waals surface area contributed by atoms with Crippen LogP contribution in [-0.2, 0) is 0 Å². The fourth-order valence-electron chi connectivity index (χ4n) is 2.54. The van der Waals surface area contributed by atoms with Crippen LogP contribution in [0.4, 0.5) is 0 Å². The fourth-order valence-corrected chi connectivity index (χ4v) is 3.36. The topological polar surface area (TPSA) is 15.3 Å². The van der Waals surface area contributed by atoms with Crippen LogP contribution >= 0.6 is 11.3 Å². The first-order chi connectivity index (χ1) is 8.46. The van der Waals surface area contributed by atoms with Crippen molar-refractivity contribution in [1.82, 2.24) is 10.2 Å². The minimum atomic E-state index is 0.243. The lowest BCUT2D eigenvalue weighted by molar-refractivity contribution is 0.251. The Hall–Kier alpha value is -0.380. The highest BCUT2D eigenvalue weighted by atomic mass is 32.1. The van der Waals surface area contributed by atoms with Crippen LogP contribution in [0.15, 0.2) is 17.5 Å². The van der Waals surface area contributed by atoms with E-state index in [-0.39, 0.29) is 5.54 Å². The van der Waals surface area contributed by atoms with E-state index in [0.717, 1.165) is 12.5 Å². The zero-order valence-electron chi connectivity index (χ0n) is 12.1. The van der Waals surface area contributed by atoms with Crippen molar-refractivity contribution in [3.05, 3.63) is 22.4 Å². The molecule has 102 valence electrons. The highest BCUT2D eigenvalue weighted by molar-refractivity contribution is 7.10. The number of nitrogens with one attached hydrogen (secondary N) is 1. The van der Waals surface area contributed by atoms with E-state index >= 15 is 0 Å². The van der Waals surface area contributed by atoms with Crippen molar-refractivity contribution >= 4 is 11.3 Å². The van der Waals surface area contributed by atoms with E-state index in [2.05, 4.69) is 55.4 Å². The molecule has 1 saturated heterocycles. The lowest BCUT2D eigenvalue weighted by Gasteiger charge is -2.25. The quantitative estimate of drug-likeness (QED) is 0.897. The SMILES string of the molecule is CC(c1cccs1)N1CCC(CNC(C)(C)C)C1. The summed E-state index contributed by atoms with van der Waals surface area (Å²) >= 11 is 1.88. The van der Waals surface area contributed by atoms with E-state index in [1.165, 1.54) is 24.4 Å². The third-order valence-corrected chi connectivity index (χ3v) is 4.78. The van der Waals surface area contributed by atoms with Crippen LogP contribution in [0.2, 0.25) is 0 Å². The van der Waals surface area contributed by atoms with Crippen LogP contribution in [0, 0.1) is 5.92 Å². The molecule has 0 amide bonds. The Bertz CT molecular complexity index is 353. The molecule has 0 saturated carbocycles. The van der Waals surface area contributed by atoms with Crippen molar-refractivity contribution in [3.8, 4) is 0 Å². The van der Waals surface area contributed by atoms with Gasteiger partial charge in [0.15, 0.2) is 0 Å². The normalized spacial score (nSPS) is 23.4. The molecule has 18 heavy (non-hydrogen) atoms. The van der Waals surface area contributed by atoms with Gasteiger partial charge < -0.3 is 5.32 Å². The summed E-state index contributed by atoms with van der Waals surface area (Å²) in [6.07, 6.45) is 1.33. The summed E-state index contributed by atoms with van der Waals surface area (Å²) in [4.78, 5) is 4.13. The van der Waals surface area contributed by atoms with Gasteiger partial charge in [0.2, 0.25) is 0 Å². The zero-order chi connectivity index (χ0) is 13.2. The van der Waals surface area contributed by atoms with Gasteiger partial charge >= 0.3 is 0 Å². The second kappa shape index (κ2) is 5.72. The second-order valence-corrected chi connectivity index (χ2v) is 7.45. The predicted octanol–water partition coefficient (Wildman–Crippen LogP) is 3.52. The summed E-state index contributed by atoms with van der Waals surface area (Å²) in [6.45, 7) is 12.7. The molecule has 0 radical (unpaired) electrons. The van der Waals surface area contributed by atoms with Crippen molar-refractivity contribution < 1.29 is 0 Å². The monoisotopic (exact) mass is 266 g/mol. The van der Waals surface area contributed by atoms with Crippen LogP contribution in [0.3, 0.4) is 0 Å². The smallest absolute Gasteiger partial charge is 0.0413 e. The van der Waals surface area contributed by atoms with Gasteiger partial charge in [-0.25, -0.2) is 0 Å². The Labute approximate surface area is 115 Å². The van der Waals surface area contributed by atoms with Crippen LogP contribution in [0.5, 0.6) is 0 Å². The summed E-state index contributed by atoms with van der Waals surface area (Å²) in [6, 6.07) is 5.01. The van der Waals surface area contributed by atoms with Crippen LogP contribution in [0.1, 0.15) is 45.0 Å². The Morgan fingerprint density at radius 3 is 2.89 bits per heavy atom. The van der Waals surface area contributed by atoms with Crippen molar-refractivity contribution in [2.24, 2.45) is 5.92 Å². The van der Waals surface area contributed by atoms with Gasteiger partial charge in [-0.1, -0.05) is 6.07 Å². The molecular formula is C15H26N2S. The van der Waals surface area contributed by atoms with Crippen molar-refractivity contribution in [1.29, 1.82) is 0 Å². The molecule has 1 N–H and O–H groups in total. The Kier molecular flexibility index (Phi) is 4.46. The van der Waals surface area contributed by atoms with Gasteiger partial charge in [0.1, 0.15) is 0 Å². The maximum Gasteiger partial charge on any atom is 0.0413 e. The van der Waals surface area contributed by atoms with Gasteiger partial charge in [-0.15, -0.1) is 11.3 Å². The number of hydrogen-bond acceptors (Lipinski definition) is 3. The molecule has 3 heteroatoms. The molecular weight excluding hydrogens is 240 g/mol. The van der Waals surface area contributed by atoms with Crippen molar-refractivity contribution in [2.45, 2.75) is 45.7 Å². The summed E-state index contributed by atoms with van der Waals surface area (Å²) in [5.74, 6) is 0.812. The summed E-state index contributed by atoms with van der Waals surface area (Å²) in [5, 5.41) is 5.82. The van der Waals surface area contributed by atoms with Gasteiger partial charge in [0.25, 0.3) is 0 Å². The summed E-state index contributed by atoms with van der Waals surface area (Å²) < 4.78 is 0. The molecule has 1 fully saturated rings. The standard InChI is InChI=1S/C15H26N2S/c1-12(14-6-5-9-18-14)17-8-7-13(11-17)10-16-15(2,3)4/h5-6,9,12-13,16H,7-8,10-11H2,1-4H3. The molecule has 0 bridgehead atoms. The number of rotatable bonds is 4. The van der Waals surface area contributed by atoms with Crippen molar-refractivity contribution in [2.75, 3.05) is 19.6 Å². The van der Waals surface area contributed by atoms with Crippen molar-refractivity contribution in [3.63, 3.8) is 0 Å². The first kappa shape index (κ1) is 14.0. The zero-order valence-corrected chi connectivity index (χ0v) is 12.9. The molecule has 2 atom stereocenters. The van der Waals surface area contributed by atoms with Gasteiger partial charge in [-0.2, -0.15) is 0 Å². The van der Waals surface area contributed by atoms with E-state index in [9.17, 15) is 0 Å².